The van der Waals surface area contributed by atoms with Crippen LogP contribution in [0.15, 0.2) is 0 Å². The monoisotopic (exact) mass is 179 g/mol. The predicted octanol–water partition coefficient (Wildman–Crippen LogP) is 1.77. The van der Waals surface area contributed by atoms with Crippen molar-refractivity contribution in [3.8, 4) is 12.1 Å². The summed E-state index contributed by atoms with van der Waals surface area (Å²) in [7, 11) is 0. The molecule has 0 radical (unpaired) electrons. The summed E-state index contributed by atoms with van der Waals surface area (Å²) in [5.74, 6) is 0. The second kappa shape index (κ2) is 5.56. The number of hydrogen-bond donors (Lipinski definition) is 0. The van der Waals surface area contributed by atoms with Gasteiger partial charge in [0.05, 0.1) is 24.1 Å². The molecule has 72 valence electrons. The molecule has 0 aliphatic heterocycles. The van der Waals surface area contributed by atoms with Crippen molar-refractivity contribution in [3.05, 3.63) is 0 Å². The fraction of sp³-hybridized carbons (Fsp3) is 0.800. The minimum atomic E-state index is -0.275. The lowest BCUT2D eigenvalue weighted by Gasteiger charge is -2.21. The van der Waals surface area contributed by atoms with Crippen LogP contribution in [-0.4, -0.2) is 24.5 Å². The highest BCUT2D eigenvalue weighted by molar-refractivity contribution is 4.92. The molecule has 0 spiro atoms. The Morgan fingerprint density at radius 2 is 1.92 bits per heavy atom. The van der Waals surface area contributed by atoms with Gasteiger partial charge in [-0.25, -0.2) is 0 Å². The van der Waals surface area contributed by atoms with Crippen LogP contribution in [0.4, 0.5) is 0 Å². The molecule has 0 bridgehead atoms. The molecule has 13 heavy (non-hydrogen) atoms. The van der Waals surface area contributed by atoms with Gasteiger partial charge >= 0.3 is 0 Å². The minimum absolute atomic E-state index is 0.275. The van der Waals surface area contributed by atoms with E-state index in [4.69, 9.17) is 10.5 Å². The van der Waals surface area contributed by atoms with Gasteiger partial charge in [-0.2, -0.15) is 10.5 Å². The van der Waals surface area contributed by atoms with Crippen LogP contribution in [0, 0.1) is 28.1 Å². The molecule has 0 aliphatic carbocycles. The Hall–Kier alpha value is -1.06. The van der Waals surface area contributed by atoms with E-state index < -0.39 is 0 Å². The van der Waals surface area contributed by atoms with E-state index in [-0.39, 0.29) is 5.41 Å². The van der Waals surface area contributed by atoms with Gasteiger partial charge in [0.25, 0.3) is 0 Å². The molecular weight excluding hydrogens is 162 g/mol. The third kappa shape index (κ3) is 5.22. The number of nitrogens with zero attached hydrogens (tertiary/aromatic N) is 3. The van der Waals surface area contributed by atoms with E-state index in [1.54, 1.807) is 0 Å². The fourth-order valence-electron chi connectivity index (χ4n) is 0.942. The average Bonchev–Trinajstić information content (AvgIpc) is 2.12. The van der Waals surface area contributed by atoms with Crippen LogP contribution < -0.4 is 0 Å². The molecule has 3 heteroatoms. The zero-order valence-corrected chi connectivity index (χ0v) is 8.67. The number of hydrogen-bond acceptors (Lipinski definition) is 3. The lowest BCUT2D eigenvalue weighted by atomic mass is 9.91. The first-order valence-electron chi connectivity index (χ1n) is 4.56. The molecule has 0 amide bonds. The Morgan fingerprint density at radius 1 is 1.31 bits per heavy atom. The summed E-state index contributed by atoms with van der Waals surface area (Å²) >= 11 is 0. The fourth-order valence-corrected chi connectivity index (χ4v) is 0.942. The van der Waals surface area contributed by atoms with Gasteiger partial charge in [-0.1, -0.05) is 6.92 Å². The van der Waals surface area contributed by atoms with Crippen molar-refractivity contribution in [2.45, 2.75) is 27.2 Å². The summed E-state index contributed by atoms with van der Waals surface area (Å²) in [5, 5.41) is 17.3. The molecule has 0 unspecified atom stereocenters. The van der Waals surface area contributed by atoms with Crippen molar-refractivity contribution in [1.82, 2.24) is 4.90 Å². The van der Waals surface area contributed by atoms with Crippen molar-refractivity contribution in [1.29, 1.82) is 10.5 Å². The normalized spacial score (nSPS) is 10.9. The maximum atomic E-state index is 8.78. The maximum absolute atomic E-state index is 8.78. The van der Waals surface area contributed by atoms with E-state index in [2.05, 4.69) is 12.1 Å². The lowest BCUT2D eigenvalue weighted by Crippen LogP contribution is -2.28. The summed E-state index contributed by atoms with van der Waals surface area (Å²) in [4.78, 5) is 2.04. The second-order valence-corrected chi connectivity index (χ2v) is 3.77. The summed E-state index contributed by atoms with van der Waals surface area (Å²) in [6.07, 6.45) is 0.818. The Morgan fingerprint density at radius 3 is 2.31 bits per heavy atom. The SMILES string of the molecule is CCN(CC#N)CCC(C)(C)C#N. The summed E-state index contributed by atoms with van der Waals surface area (Å²) in [5.41, 5.74) is -0.275. The number of rotatable bonds is 5. The maximum Gasteiger partial charge on any atom is 0.0865 e. The van der Waals surface area contributed by atoms with Gasteiger partial charge in [0.1, 0.15) is 0 Å². The van der Waals surface area contributed by atoms with Crippen LogP contribution in [0.25, 0.3) is 0 Å². The van der Waals surface area contributed by atoms with Gasteiger partial charge in [0, 0.05) is 6.54 Å². The first-order chi connectivity index (χ1) is 6.05. The topological polar surface area (TPSA) is 50.8 Å². The Bertz CT molecular complexity index is 219. The molecule has 0 aromatic rings. The largest absolute Gasteiger partial charge is 0.291 e. The third-order valence-electron chi connectivity index (χ3n) is 2.10. The van der Waals surface area contributed by atoms with Gasteiger partial charge in [-0.05, 0) is 26.8 Å². The molecule has 0 rings (SSSR count). The average molecular weight is 179 g/mol. The van der Waals surface area contributed by atoms with E-state index in [1.165, 1.54) is 0 Å². The molecule has 0 saturated heterocycles. The molecule has 0 fully saturated rings. The van der Waals surface area contributed by atoms with E-state index in [9.17, 15) is 0 Å². The van der Waals surface area contributed by atoms with Crippen LogP contribution in [0.2, 0.25) is 0 Å². The van der Waals surface area contributed by atoms with Crippen LogP contribution >= 0.6 is 0 Å². The molecule has 0 aromatic heterocycles. The standard InChI is InChI=1S/C10H17N3/c1-4-13(8-6-11)7-5-10(2,3)9-12/h4-5,7-8H2,1-3H3. The van der Waals surface area contributed by atoms with Crippen molar-refractivity contribution >= 4 is 0 Å². The van der Waals surface area contributed by atoms with Gasteiger partial charge in [-0.15, -0.1) is 0 Å². The molecule has 3 nitrogen and oxygen atoms in total. The van der Waals surface area contributed by atoms with Crippen LogP contribution in [0.5, 0.6) is 0 Å². The van der Waals surface area contributed by atoms with Gasteiger partial charge < -0.3 is 0 Å². The van der Waals surface area contributed by atoms with Crippen molar-refractivity contribution in [2.75, 3.05) is 19.6 Å². The van der Waals surface area contributed by atoms with E-state index in [0.717, 1.165) is 19.5 Å². The smallest absolute Gasteiger partial charge is 0.0865 e. The third-order valence-corrected chi connectivity index (χ3v) is 2.10. The predicted molar refractivity (Wildman–Crippen MR) is 51.7 cm³/mol. The van der Waals surface area contributed by atoms with E-state index >= 15 is 0 Å². The second-order valence-electron chi connectivity index (χ2n) is 3.77. The van der Waals surface area contributed by atoms with Gasteiger partial charge in [0.2, 0.25) is 0 Å². The summed E-state index contributed by atoms with van der Waals surface area (Å²) < 4.78 is 0. The zero-order valence-electron chi connectivity index (χ0n) is 8.67. The summed E-state index contributed by atoms with van der Waals surface area (Å²) in [6, 6.07) is 4.37. The van der Waals surface area contributed by atoms with Crippen LogP contribution in [-0.2, 0) is 0 Å². The highest BCUT2D eigenvalue weighted by atomic mass is 15.1. The molecule has 0 aliphatic rings. The summed E-state index contributed by atoms with van der Waals surface area (Å²) in [6.45, 7) is 8.02. The minimum Gasteiger partial charge on any atom is -0.291 e. The lowest BCUT2D eigenvalue weighted by molar-refractivity contribution is 0.277. The van der Waals surface area contributed by atoms with E-state index in [0.29, 0.717) is 6.54 Å². The van der Waals surface area contributed by atoms with Crippen LogP contribution in [0.1, 0.15) is 27.2 Å². The first kappa shape index (κ1) is 11.9. The van der Waals surface area contributed by atoms with Gasteiger partial charge in [0.15, 0.2) is 0 Å². The zero-order chi connectivity index (χ0) is 10.3. The van der Waals surface area contributed by atoms with Crippen molar-refractivity contribution in [2.24, 2.45) is 5.41 Å². The molecule has 0 aromatic carbocycles. The Balaban J connectivity index is 3.87. The highest BCUT2D eigenvalue weighted by Crippen LogP contribution is 2.18. The molecular formula is C10H17N3. The highest BCUT2D eigenvalue weighted by Gasteiger charge is 2.17. The molecule has 0 atom stereocenters. The van der Waals surface area contributed by atoms with E-state index in [1.807, 2.05) is 25.7 Å². The molecule has 0 N–H and O–H groups in total. The quantitative estimate of drug-likeness (QED) is 0.604. The van der Waals surface area contributed by atoms with Crippen LogP contribution in [0.3, 0.4) is 0 Å². The van der Waals surface area contributed by atoms with Crippen molar-refractivity contribution < 1.29 is 0 Å². The molecule has 0 saturated carbocycles. The Labute approximate surface area is 80.6 Å². The van der Waals surface area contributed by atoms with Gasteiger partial charge in [-0.3, -0.25) is 4.90 Å². The Kier molecular flexibility index (Phi) is 5.11. The first-order valence-corrected chi connectivity index (χ1v) is 4.56. The van der Waals surface area contributed by atoms with Crippen molar-refractivity contribution in [3.63, 3.8) is 0 Å². The number of nitriles is 2. The molecule has 0 heterocycles.